The minimum Gasteiger partial charge on any atom is -0.314 e. The van der Waals surface area contributed by atoms with Crippen molar-refractivity contribution in [3.8, 4) is 0 Å². The van der Waals surface area contributed by atoms with Crippen molar-refractivity contribution in [2.24, 2.45) is 0 Å². The van der Waals surface area contributed by atoms with Gasteiger partial charge in [-0.25, -0.2) is 0 Å². The zero-order valence-electron chi connectivity index (χ0n) is 8.98. The maximum atomic E-state index is 5.89. The summed E-state index contributed by atoms with van der Waals surface area (Å²) in [5.41, 5.74) is 0. The largest absolute Gasteiger partial charge is 0.314 e. The Kier molecular flexibility index (Phi) is 9.59. The van der Waals surface area contributed by atoms with Crippen molar-refractivity contribution in [3.63, 3.8) is 0 Å². The minimum absolute atomic E-state index is 0.285. The molecule has 13 heavy (non-hydrogen) atoms. The number of hydrogen-bond donors (Lipinski definition) is 1. The third kappa shape index (κ3) is 10.5. The van der Waals surface area contributed by atoms with Crippen molar-refractivity contribution in [2.45, 2.75) is 45.0 Å². The SMILES string of the molecule is CCSCCCNC(C)CC(C)Cl. The van der Waals surface area contributed by atoms with E-state index in [1.807, 2.05) is 18.7 Å². The fourth-order valence-corrected chi connectivity index (χ4v) is 2.14. The number of hydrogen-bond acceptors (Lipinski definition) is 2. The summed E-state index contributed by atoms with van der Waals surface area (Å²) in [4.78, 5) is 0. The molecule has 1 nitrogen and oxygen atoms in total. The first kappa shape index (κ1) is 13.6. The molecular formula is C10H22ClNS. The lowest BCUT2D eigenvalue weighted by Crippen LogP contribution is -2.29. The Labute approximate surface area is 92.0 Å². The van der Waals surface area contributed by atoms with Crippen LogP contribution in [0.2, 0.25) is 0 Å². The van der Waals surface area contributed by atoms with E-state index in [0.717, 1.165) is 13.0 Å². The molecule has 0 amide bonds. The van der Waals surface area contributed by atoms with E-state index >= 15 is 0 Å². The fourth-order valence-electron chi connectivity index (χ4n) is 1.24. The van der Waals surface area contributed by atoms with Crippen molar-refractivity contribution >= 4 is 23.4 Å². The molecule has 0 heterocycles. The first-order chi connectivity index (χ1) is 6.16. The van der Waals surface area contributed by atoms with Gasteiger partial charge in [-0.3, -0.25) is 0 Å². The Bertz CT molecular complexity index is 109. The zero-order valence-corrected chi connectivity index (χ0v) is 10.5. The standard InChI is InChI=1S/C10H22ClNS/c1-4-13-7-5-6-12-10(3)8-9(2)11/h9-10,12H,4-8H2,1-3H3. The molecule has 0 saturated carbocycles. The van der Waals surface area contributed by atoms with Gasteiger partial charge >= 0.3 is 0 Å². The Balaban J connectivity index is 3.12. The van der Waals surface area contributed by atoms with E-state index in [4.69, 9.17) is 11.6 Å². The molecule has 0 aromatic rings. The van der Waals surface area contributed by atoms with Gasteiger partial charge in [-0.1, -0.05) is 6.92 Å². The van der Waals surface area contributed by atoms with Crippen LogP contribution >= 0.6 is 23.4 Å². The summed E-state index contributed by atoms with van der Waals surface area (Å²) in [6, 6.07) is 0.555. The van der Waals surface area contributed by atoms with E-state index in [2.05, 4.69) is 19.2 Å². The smallest absolute Gasteiger partial charge is 0.0322 e. The Morgan fingerprint density at radius 2 is 2.08 bits per heavy atom. The van der Waals surface area contributed by atoms with Crippen LogP contribution in [0.1, 0.15) is 33.6 Å². The van der Waals surface area contributed by atoms with Crippen LogP contribution in [0.15, 0.2) is 0 Å². The molecule has 1 N–H and O–H groups in total. The Morgan fingerprint density at radius 1 is 1.38 bits per heavy atom. The lowest BCUT2D eigenvalue weighted by Gasteiger charge is -2.14. The molecule has 0 bridgehead atoms. The predicted molar refractivity (Wildman–Crippen MR) is 65.0 cm³/mol. The maximum Gasteiger partial charge on any atom is 0.0322 e. The van der Waals surface area contributed by atoms with Gasteiger partial charge in [0.1, 0.15) is 0 Å². The number of rotatable bonds is 8. The Morgan fingerprint density at radius 3 is 2.62 bits per heavy atom. The van der Waals surface area contributed by atoms with E-state index in [-0.39, 0.29) is 5.38 Å². The number of halogens is 1. The van der Waals surface area contributed by atoms with Crippen LogP contribution in [-0.4, -0.2) is 29.5 Å². The highest BCUT2D eigenvalue weighted by molar-refractivity contribution is 7.99. The highest BCUT2D eigenvalue weighted by Gasteiger charge is 2.04. The van der Waals surface area contributed by atoms with Gasteiger partial charge < -0.3 is 5.32 Å². The summed E-state index contributed by atoms with van der Waals surface area (Å²) in [5, 5.41) is 3.76. The highest BCUT2D eigenvalue weighted by atomic mass is 35.5. The Hall–Kier alpha value is 0.600. The summed E-state index contributed by atoms with van der Waals surface area (Å²) in [7, 11) is 0. The fraction of sp³-hybridized carbons (Fsp3) is 1.00. The van der Waals surface area contributed by atoms with Crippen LogP contribution in [-0.2, 0) is 0 Å². The molecule has 3 heteroatoms. The van der Waals surface area contributed by atoms with Crippen molar-refractivity contribution in [2.75, 3.05) is 18.1 Å². The van der Waals surface area contributed by atoms with Gasteiger partial charge in [0.05, 0.1) is 0 Å². The summed E-state index contributed by atoms with van der Waals surface area (Å²) < 4.78 is 0. The van der Waals surface area contributed by atoms with Crippen LogP contribution < -0.4 is 5.32 Å². The zero-order chi connectivity index (χ0) is 10.1. The van der Waals surface area contributed by atoms with Gasteiger partial charge in [-0.05, 0) is 44.7 Å². The number of thioether (sulfide) groups is 1. The summed E-state index contributed by atoms with van der Waals surface area (Å²) in [6.45, 7) is 7.58. The molecule has 2 unspecified atom stereocenters. The predicted octanol–water partition coefficient (Wildman–Crippen LogP) is 3.13. The van der Waals surface area contributed by atoms with Gasteiger partial charge in [-0.15, -0.1) is 11.6 Å². The molecule has 0 aromatic carbocycles. The monoisotopic (exact) mass is 223 g/mol. The number of nitrogens with one attached hydrogen (secondary N) is 1. The van der Waals surface area contributed by atoms with Gasteiger partial charge in [0.15, 0.2) is 0 Å². The van der Waals surface area contributed by atoms with Crippen LogP contribution in [0.3, 0.4) is 0 Å². The topological polar surface area (TPSA) is 12.0 Å². The van der Waals surface area contributed by atoms with E-state index in [9.17, 15) is 0 Å². The van der Waals surface area contributed by atoms with Crippen LogP contribution in [0.4, 0.5) is 0 Å². The van der Waals surface area contributed by atoms with Gasteiger partial charge in [0.25, 0.3) is 0 Å². The molecule has 0 fully saturated rings. The molecular weight excluding hydrogens is 202 g/mol. The lowest BCUT2D eigenvalue weighted by molar-refractivity contribution is 0.512. The molecule has 0 radical (unpaired) electrons. The van der Waals surface area contributed by atoms with E-state index in [0.29, 0.717) is 6.04 Å². The second-order valence-corrected chi connectivity index (χ2v) is 5.56. The quantitative estimate of drug-likeness (QED) is 0.501. The average molecular weight is 224 g/mol. The molecule has 0 aliphatic heterocycles. The molecule has 0 spiro atoms. The van der Waals surface area contributed by atoms with Crippen LogP contribution in [0.5, 0.6) is 0 Å². The summed E-state index contributed by atoms with van der Waals surface area (Å²) in [6.07, 6.45) is 2.32. The second kappa shape index (κ2) is 9.17. The van der Waals surface area contributed by atoms with Crippen molar-refractivity contribution < 1.29 is 0 Å². The first-order valence-electron chi connectivity index (χ1n) is 5.12. The first-order valence-corrected chi connectivity index (χ1v) is 6.71. The van der Waals surface area contributed by atoms with E-state index < -0.39 is 0 Å². The molecule has 0 aliphatic rings. The average Bonchev–Trinajstić information content (AvgIpc) is 2.02. The normalized spacial score (nSPS) is 15.7. The molecule has 2 atom stereocenters. The van der Waals surface area contributed by atoms with Gasteiger partial charge in [0, 0.05) is 11.4 Å². The number of alkyl halides is 1. The van der Waals surface area contributed by atoms with Gasteiger partial charge in [0.2, 0.25) is 0 Å². The van der Waals surface area contributed by atoms with Crippen molar-refractivity contribution in [3.05, 3.63) is 0 Å². The third-order valence-electron chi connectivity index (χ3n) is 1.84. The minimum atomic E-state index is 0.285. The summed E-state index contributed by atoms with van der Waals surface area (Å²) >= 11 is 7.90. The van der Waals surface area contributed by atoms with Crippen molar-refractivity contribution in [1.29, 1.82) is 0 Å². The van der Waals surface area contributed by atoms with E-state index in [1.54, 1.807) is 0 Å². The van der Waals surface area contributed by atoms with Gasteiger partial charge in [-0.2, -0.15) is 11.8 Å². The molecule has 0 saturated heterocycles. The summed E-state index contributed by atoms with van der Waals surface area (Å²) in [5.74, 6) is 2.50. The lowest BCUT2D eigenvalue weighted by atomic mass is 10.2. The highest BCUT2D eigenvalue weighted by Crippen LogP contribution is 2.04. The van der Waals surface area contributed by atoms with Crippen molar-refractivity contribution in [1.82, 2.24) is 5.32 Å². The van der Waals surface area contributed by atoms with Crippen LogP contribution in [0.25, 0.3) is 0 Å². The molecule has 0 aromatic heterocycles. The van der Waals surface area contributed by atoms with Crippen LogP contribution in [0, 0.1) is 0 Å². The molecule has 0 aliphatic carbocycles. The second-order valence-electron chi connectivity index (χ2n) is 3.42. The third-order valence-corrected chi connectivity index (χ3v) is 3.00. The maximum absolute atomic E-state index is 5.89. The van der Waals surface area contributed by atoms with E-state index in [1.165, 1.54) is 17.9 Å². The molecule has 0 rings (SSSR count). The molecule has 80 valence electrons.